The molecule has 4 nitrogen and oxygen atoms in total. The third-order valence-electron chi connectivity index (χ3n) is 2.48. The van der Waals surface area contributed by atoms with Crippen molar-refractivity contribution in [2.75, 3.05) is 0 Å². The fourth-order valence-electron chi connectivity index (χ4n) is 1.19. The minimum absolute atomic E-state index is 0.286. The summed E-state index contributed by atoms with van der Waals surface area (Å²) in [5.74, 6) is -4.79. The van der Waals surface area contributed by atoms with E-state index in [9.17, 15) is 27.2 Å². The Kier molecular flexibility index (Phi) is 3.83. The van der Waals surface area contributed by atoms with Crippen molar-refractivity contribution in [2.45, 2.75) is 18.6 Å². The van der Waals surface area contributed by atoms with Crippen LogP contribution in [0.5, 0.6) is 0 Å². The van der Waals surface area contributed by atoms with Gasteiger partial charge in [-0.15, -0.1) is 0 Å². The van der Waals surface area contributed by atoms with Gasteiger partial charge in [0.05, 0.1) is 5.56 Å². The van der Waals surface area contributed by atoms with Crippen molar-refractivity contribution in [3.63, 3.8) is 0 Å². The molecule has 0 spiro atoms. The van der Waals surface area contributed by atoms with E-state index in [1.807, 2.05) is 0 Å². The van der Waals surface area contributed by atoms with Crippen LogP contribution in [0.25, 0.3) is 0 Å². The summed E-state index contributed by atoms with van der Waals surface area (Å²) >= 11 is 0. The van der Waals surface area contributed by atoms with Crippen LogP contribution >= 0.6 is 0 Å². The fraction of sp³-hybridized carbons (Fsp3) is 0.273. The first kappa shape index (κ1) is 14.9. The van der Waals surface area contributed by atoms with Crippen LogP contribution in [-0.2, 0) is 4.79 Å². The smallest absolute Gasteiger partial charge is 0.422 e. The number of carboxylic acid groups (broad SMARTS) is 1. The van der Waals surface area contributed by atoms with Crippen LogP contribution in [0.2, 0.25) is 0 Å². The molecule has 8 heteroatoms. The Bertz CT molecular complexity index is 515. The van der Waals surface area contributed by atoms with E-state index in [4.69, 9.17) is 5.11 Å². The second-order valence-corrected chi connectivity index (χ2v) is 3.86. The monoisotopic (exact) mass is 279 g/mol. The number of alkyl halides is 3. The summed E-state index contributed by atoms with van der Waals surface area (Å²) in [6.07, 6.45) is -5.22. The molecule has 1 aromatic rings. The molecule has 0 fully saturated rings. The Labute approximate surface area is 105 Å². The van der Waals surface area contributed by atoms with Gasteiger partial charge in [-0.3, -0.25) is 4.79 Å². The molecule has 19 heavy (non-hydrogen) atoms. The van der Waals surface area contributed by atoms with Gasteiger partial charge >= 0.3 is 12.1 Å². The zero-order valence-corrected chi connectivity index (χ0v) is 9.58. The lowest BCUT2D eigenvalue weighted by molar-refractivity contribution is -0.203. The minimum Gasteiger partial charge on any atom is -0.479 e. The van der Waals surface area contributed by atoms with Gasteiger partial charge in [-0.1, -0.05) is 12.1 Å². The lowest BCUT2D eigenvalue weighted by atomic mass is 10.0. The summed E-state index contributed by atoms with van der Waals surface area (Å²) in [4.78, 5) is 22.2. The number of nitrogens with one attached hydrogen (secondary N) is 1. The van der Waals surface area contributed by atoms with Crippen molar-refractivity contribution in [1.29, 1.82) is 0 Å². The number of hydrogen-bond acceptors (Lipinski definition) is 2. The fourth-order valence-corrected chi connectivity index (χ4v) is 1.19. The largest absolute Gasteiger partial charge is 0.479 e. The predicted octanol–water partition coefficient (Wildman–Crippen LogP) is 1.96. The van der Waals surface area contributed by atoms with E-state index >= 15 is 0 Å². The van der Waals surface area contributed by atoms with Crippen molar-refractivity contribution in [2.24, 2.45) is 0 Å². The van der Waals surface area contributed by atoms with Crippen LogP contribution in [0.4, 0.5) is 17.6 Å². The average Bonchev–Trinajstić information content (AvgIpc) is 2.27. The number of halogens is 4. The van der Waals surface area contributed by atoms with Gasteiger partial charge in [-0.2, -0.15) is 13.2 Å². The van der Waals surface area contributed by atoms with Crippen LogP contribution in [0, 0.1) is 5.82 Å². The Balaban J connectivity index is 3.10. The van der Waals surface area contributed by atoms with Crippen LogP contribution < -0.4 is 5.32 Å². The molecule has 1 rings (SSSR count). The third-order valence-corrected chi connectivity index (χ3v) is 2.48. The molecule has 0 bridgehead atoms. The van der Waals surface area contributed by atoms with Crippen LogP contribution in [0.15, 0.2) is 24.3 Å². The van der Waals surface area contributed by atoms with E-state index in [1.54, 1.807) is 0 Å². The number of rotatable bonds is 3. The van der Waals surface area contributed by atoms with Gasteiger partial charge in [0.2, 0.25) is 5.54 Å². The summed E-state index contributed by atoms with van der Waals surface area (Å²) in [5.41, 5.74) is -4.16. The van der Waals surface area contributed by atoms with Gasteiger partial charge in [0.15, 0.2) is 0 Å². The van der Waals surface area contributed by atoms with E-state index in [-0.39, 0.29) is 6.92 Å². The van der Waals surface area contributed by atoms with Crippen molar-refractivity contribution >= 4 is 11.9 Å². The number of hydrogen-bond donors (Lipinski definition) is 2. The molecular formula is C11H9F4NO3. The predicted molar refractivity (Wildman–Crippen MR) is 56.0 cm³/mol. The molecule has 0 radical (unpaired) electrons. The zero-order valence-electron chi connectivity index (χ0n) is 9.58. The van der Waals surface area contributed by atoms with Gasteiger partial charge < -0.3 is 10.4 Å². The molecule has 1 amide bonds. The van der Waals surface area contributed by atoms with Gasteiger partial charge in [-0.05, 0) is 19.1 Å². The van der Waals surface area contributed by atoms with E-state index in [2.05, 4.69) is 0 Å². The highest BCUT2D eigenvalue weighted by molar-refractivity contribution is 5.98. The summed E-state index contributed by atoms with van der Waals surface area (Å²) in [6, 6.07) is 4.31. The Morgan fingerprint density at radius 3 is 2.16 bits per heavy atom. The molecule has 1 unspecified atom stereocenters. The number of benzene rings is 1. The molecule has 0 heterocycles. The molecule has 2 N–H and O–H groups in total. The van der Waals surface area contributed by atoms with Gasteiger partial charge in [0, 0.05) is 0 Å². The lowest BCUT2D eigenvalue weighted by Crippen LogP contribution is -2.62. The molecule has 0 saturated carbocycles. The van der Waals surface area contributed by atoms with Crippen molar-refractivity contribution in [3.8, 4) is 0 Å². The lowest BCUT2D eigenvalue weighted by Gasteiger charge is -2.28. The van der Waals surface area contributed by atoms with Gasteiger partial charge in [0.25, 0.3) is 5.91 Å². The Hall–Kier alpha value is -2.12. The highest BCUT2D eigenvalue weighted by Gasteiger charge is 2.58. The van der Waals surface area contributed by atoms with E-state index in [0.29, 0.717) is 0 Å². The number of aliphatic carboxylic acids is 1. The summed E-state index contributed by atoms with van der Waals surface area (Å²) in [7, 11) is 0. The molecule has 1 aromatic carbocycles. The van der Waals surface area contributed by atoms with Crippen LogP contribution in [0.1, 0.15) is 17.3 Å². The van der Waals surface area contributed by atoms with E-state index < -0.39 is 35.0 Å². The van der Waals surface area contributed by atoms with Gasteiger partial charge in [-0.25, -0.2) is 9.18 Å². The molecule has 0 aliphatic rings. The SMILES string of the molecule is CC(NC(=O)c1ccccc1F)(C(=O)O)C(F)(F)F. The Morgan fingerprint density at radius 2 is 1.74 bits per heavy atom. The summed E-state index contributed by atoms with van der Waals surface area (Å²) in [5, 5.41) is 9.89. The minimum atomic E-state index is -5.22. The number of carboxylic acids is 1. The van der Waals surface area contributed by atoms with Crippen molar-refractivity contribution in [3.05, 3.63) is 35.6 Å². The number of carbonyl (C=O) groups is 2. The molecule has 0 saturated heterocycles. The van der Waals surface area contributed by atoms with Crippen LogP contribution in [-0.4, -0.2) is 28.7 Å². The maximum absolute atomic E-state index is 13.2. The van der Waals surface area contributed by atoms with Crippen molar-refractivity contribution < 1.29 is 32.3 Å². The second kappa shape index (κ2) is 4.87. The third kappa shape index (κ3) is 2.83. The summed E-state index contributed by atoms with van der Waals surface area (Å²) < 4.78 is 51.2. The second-order valence-electron chi connectivity index (χ2n) is 3.86. The molecular weight excluding hydrogens is 270 g/mol. The standard InChI is InChI=1S/C11H9F4NO3/c1-10(9(18)19,11(13,14)15)16-8(17)6-4-2-3-5-7(6)12/h2-5H,1H3,(H,16,17)(H,18,19). The van der Waals surface area contributed by atoms with Gasteiger partial charge in [0.1, 0.15) is 5.82 Å². The number of carbonyl (C=O) groups excluding carboxylic acids is 1. The first-order valence-corrected chi connectivity index (χ1v) is 4.97. The normalized spacial score (nSPS) is 14.6. The first-order valence-electron chi connectivity index (χ1n) is 4.97. The topological polar surface area (TPSA) is 66.4 Å². The summed E-state index contributed by atoms with van der Waals surface area (Å²) in [6.45, 7) is 0.286. The highest BCUT2D eigenvalue weighted by Crippen LogP contribution is 2.30. The molecule has 1 atom stereocenters. The van der Waals surface area contributed by atoms with E-state index in [0.717, 1.165) is 12.1 Å². The number of amides is 1. The van der Waals surface area contributed by atoms with Crippen LogP contribution in [0.3, 0.4) is 0 Å². The molecule has 104 valence electrons. The molecule has 0 aliphatic carbocycles. The first-order chi connectivity index (χ1) is 8.59. The average molecular weight is 279 g/mol. The molecule has 0 aromatic heterocycles. The highest BCUT2D eigenvalue weighted by atomic mass is 19.4. The maximum atomic E-state index is 13.2. The van der Waals surface area contributed by atoms with Crippen molar-refractivity contribution in [1.82, 2.24) is 5.32 Å². The molecule has 0 aliphatic heterocycles. The van der Waals surface area contributed by atoms with E-state index in [1.165, 1.54) is 17.4 Å². The quantitative estimate of drug-likeness (QED) is 0.831. The zero-order chi connectivity index (χ0) is 14.8. The Morgan fingerprint density at radius 1 is 1.21 bits per heavy atom. The maximum Gasteiger partial charge on any atom is 0.422 e.